The number of fused-ring (bicyclic) bond motifs is 1. The van der Waals surface area contributed by atoms with Crippen LogP contribution in [0.25, 0.3) is 11.0 Å². The number of halogens is 3. The van der Waals surface area contributed by atoms with Crippen molar-refractivity contribution in [2.75, 3.05) is 13.1 Å². The van der Waals surface area contributed by atoms with Gasteiger partial charge in [0.15, 0.2) is 0 Å². The van der Waals surface area contributed by atoms with Gasteiger partial charge in [-0.15, -0.1) is 11.6 Å². The van der Waals surface area contributed by atoms with Gasteiger partial charge in [0.2, 0.25) is 0 Å². The van der Waals surface area contributed by atoms with Gasteiger partial charge in [0, 0.05) is 12.6 Å². The summed E-state index contributed by atoms with van der Waals surface area (Å²) in [5.41, 5.74) is 1.88. The van der Waals surface area contributed by atoms with Crippen molar-refractivity contribution in [3.63, 3.8) is 0 Å². The molecule has 114 valence electrons. The van der Waals surface area contributed by atoms with E-state index < -0.39 is 0 Å². The smallest absolute Gasteiger partial charge is 0.124 e. The Labute approximate surface area is 139 Å². The van der Waals surface area contributed by atoms with Crippen molar-refractivity contribution in [1.82, 2.24) is 14.5 Å². The van der Waals surface area contributed by atoms with Crippen LogP contribution in [-0.4, -0.2) is 33.6 Å². The largest absolute Gasteiger partial charge is 0.325 e. The summed E-state index contributed by atoms with van der Waals surface area (Å²) in [6.45, 7) is 5.38. The Kier molecular flexibility index (Phi) is 4.65. The number of aromatic nitrogens is 2. The van der Waals surface area contributed by atoms with E-state index >= 15 is 0 Å². The minimum atomic E-state index is 0.392. The predicted octanol–water partition coefficient (Wildman–Crippen LogP) is 4.57. The third-order valence-electron chi connectivity index (χ3n) is 4.29. The molecule has 0 N–H and O–H groups in total. The maximum absolute atomic E-state index is 6.17. The summed E-state index contributed by atoms with van der Waals surface area (Å²) in [4.78, 5) is 7.11. The van der Waals surface area contributed by atoms with E-state index in [-0.39, 0.29) is 0 Å². The minimum Gasteiger partial charge on any atom is -0.325 e. The Hall–Kier alpha value is -0.480. The first-order chi connectivity index (χ1) is 10.1. The highest BCUT2D eigenvalue weighted by molar-refractivity contribution is 6.42. The third-order valence-corrected chi connectivity index (χ3v) is 5.25. The number of benzene rings is 1. The molecule has 1 atom stereocenters. The molecule has 3 rings (SSSR count). The van der Waals surface area contributed by atoms with E-state index in [2.05, 4.69) is 21.4 Å². The fourth-order valence-corrected chi connectivity index (χ4v) is 3.72. The van der Waals surface area contributed by atoms with E-state index in [4.69, 9.17) is 34.8 Å². The first kappa shape index (κ1) is 15.4. The minimum absolute atomic E-state index is 0.392. The molecule has 0 radical (unpaired) electrons. The fraction of sp³-hybridized carbons (Fsp3) is 0.533. The lowest BCUT2D eigenvalue weighted by Gasteiger charge is -2.24. The molecule has 1 aromatic carbocycles. The monoisotopic (exact) mass is 345 g/mol. The van der Waals surface area contributed by atoms with Crippen LogP contribution in [0.5, 0.6) is 0 Å². The van der Waals surface area contributed by atoms with Crippen LogP contribution in [0, 0.1) is 0 Å². The number of nitrogens with zero attached hydrogens (tertiary/aromatic N) is 3. The molecule has 21 heavy (non-hydrogen) atoms. The topological polar surface area (TPSA) is 21.1 Å². The van der Waals surface area contributed by atoms with Crippen molar-refractivity contribution < 1.29 is 0 Å². The number of rotatable bonds is 4. The van der Waals surface area contributed by atoms with Crippen LogP contribution >= 0.6 is 34.8 Å². The molecule has 0 spiro atoms. The maximum atomic E-state index is 6.17. The van der Waals surface area contributed by atoms with Gasteiger partial charge in [-0.05, 0) is 38.1 Å². The molecule has 3 nitrogen and oxygen atoms in total. The molecule has 2 heterocycles. The third kappa shape index (κ3) is 2.89. The second kappa shape index (κ2) is 6.33. The fourth-order valence-electron chi connectivity index (χ4n) is 3.20. The molecule has 0 amide bonds. The summed E-state index contributed by atoms with van der Waals surface area (Å²) in [6.07, 6.45) is 2.48. The molecular weight excluding hydrogens is 329 g/mol. The van der Waals surface area contributed by atoms with Crippen LogP contribution in [0.1, 0.15) is 25.6 Å². The van der Waals surface area contributed by atoms with Crippen LogP contribution in [-0.2, 0) is 12.4 Å². The molecule has 6 heteroatoms. The second-order valence-corrected chi connectivity index (χ2v) is 6.53. The normalized spacial score (nSPS) is 19.7. The lowest BCUT2D eigenvalue weighted by molar-refractivity contribution is 0.245. The van der Waals surface area contributed by atoms with Crippen LogP contribution in [0.3, 0.4) is 0 Å². The molecule has 0 saturated carbocycles. The number of likely N-dealkylation sites (N-methyl/N-ethyl adjacent to an activating group) is 1. The zero-order valence-electron chi connectivity index (χ0n) is 12.0. The first-order valence-electron chi connectivity index (χ1n) is 7.28. The van der Waals surface area contributed by atoms with Crippen molar-refractivity contribution in [3.05, 3.63) is 28.0 Å². The molecule has 1 saturated heterocycles. The Bertz CT molecular complexity index is 653. The molecule has 0 aliphatic carbocycles. The Morgan fingerprint density at radius 2 is 2.05 bits per heavy atom. The molecule has 2 aromatic rings. The van der Waals surface area contributed by atoms with Crippen LogP contribution in [0.15, 0.2) is 12.1 Å². The highest BCUT2D eigenvalue weighted by Gasteiger charge is 2.25. The van der Waals surface area contributed by atoms with Crippen molar-refractivity contribution in [2.45, 2.75) is 38.2 Å². The van der Waals surface area contributed by atoms with Gasteiger partial charge < -0.3 is 4.57 Å². The van der Waals surface area contributed by atoms with E-state index in [1.165, 1.54) is 19.4 Å². The molecule has 1 aliphatic rings. The number of imidazole rings is 1. The van der Waals surface area contributed by atoms with Crippen molar-refractivity contribution in [2.24, 2.45) is 0 Å². The molecular formula is C15H18Cl3N3. The first-order valence-corrected chi connectivity index (χ1v) is 8.57. The van der Waals surface area contributed by atoms with Gasteiger partial charge in [-0.3, -0.25) is 4.90 Å². The van der Waals surface area contributed by atoms with E-state index in [0.717, 1.165) is 29.9 Å². The van der Waals surface area contributed by atoms with Crippen LogP contribution < -0.4 is 0 Å². The van der Waals surface area contributed by atoms with Crippen LogP contribution in [0.4, 0.5) is 0 Å². The zero-order valence-corrected chi connectivity index (χ0v) is 14.2. The number of alkyl halides is 1. The van der Waals surface area contributed by atoms with Gasteiger partial charge in [0.25, 0.3) is 0 Å². The predicted molar refractivity (Wildman–Crippen MR) is 89.6 cm³/mol. The Morgan fingerprint density at radius 1 is 1.29 bits per heavy atom. The molecule has 1 aliphatic heterocycles. The van der Waals surface area contributed by atoms with Crippen molar-refractivity contribution in [1.29, 1.82) is 0 Å². The summed E-state index contributed by atoms with van der Waals surface area (Å²) in [7, 11) is 0. The lowest BCUT2D eigenvalue weighted by Crippen LogP contribution is -2.33. The van der Waals surface area contributed by atoms with Gasteiger partial charge in [-0.25, -0.2) is 4.98 Å². The van der Waals surface area contributed by atoms with Crippen molar-refractivity contribution in [3.8, 4) is 0 Å². The lowest BCUT2D eigenvalue weighted by atomic mass is 10.2. The molecule has 0 bridgehead atoms. The van der Waals surface area contributed by atoms with Gasteiger partial charge in [-0.2, -0.15) is 0 Å². The van der Waals surface area contributed by atoms with E-state index in [1.807, 2.05) is 12.1 Å². The summed E-state index contributed by atoms with van der Waals surface area (Å²) in [6, 6.07) is 4.26. The summed E-state index contributed by atoms with van der Waals surface area (Å²) < 4.78 is 2.20. The molecule has 1 fully saturated rings. The Morgan fingerprint density at radius 3 is 2.76 bits per heavy atom. The highest BCUT2D eigenvalue weighted by atomic mass is 35.5. The van der Waals surface area contributed by atoms with Gasteiger partial charge in [0.05, 0.1) is 27.0 Å². The summed E-state index contributed by atoms with van der Waals surface area (Å²) in [5, 5.41) is 1.09. The average Bonchev–Trinajstić information content (AvgIpc) is 3.05. The maximum Gasteiger partial charge on any atom is 0.124 e. The van der Waals surface area contributed by atoms with Gasteiger partial charge in [0.1, 0.15) is 5.82 Å². The second-order valence-electron chi connectivity index (χ2n) is 5.45. The number of likely N-dealkylation sites (tertiary alicyclic amines) is 1. The molecule has 1 unspecified atom stereocenters. The van der Waals surface area contributed by atoms with E-state index in [9.17, 15) is 0 Å². The summed E-state index contributed by atoms with van der Waals surface area (Å²) >= 11 is 18.3. The average molecular weight is 347 g/mol. The summed E-state index contributed by atoms with van der Waals surface area (Å²) in [5.74, 6) is 1.27. The van der Waals surface area contributed by atoms with E-state index in [0.29, 0.717) is 22.0 Å². The van der Waals surface area contributed by atoms with Gasteiger partial charge >= 0.3 is 0 Å². The quantitative estimate of drug-likeness (QED) is 0.756. The standard InChI is InChI=1S/C15H18Cl3N3/c1-2-20-5-3-4-10(20)9-21-14-7-12(18)11(17)6-13(14)19-15(21)8-16/h6-7,10H,2-5,8-9H2,1H3. The SMILES string of the molecule is CCN1CCCC1Cn1c(CCl)nc2cc(Cl)c(Cl)cc21. The zero-order chi connectivity index (χ0) is 15.0. The van der Waals surface area contributed by atoms with Crippen molar-refractivity contribution >= 4 is 45.8 Å². The number of hydrogen-bond acceptors (Lipinski definition) is 2. The van der Waals surface area contributed by atoms with Gasteiger partial charge in [-0.1, -0.05) is 30.1 Å². The van der Waals surface area contributed by atoms with Crippen LogP contribution in [0.2, 0.25) is 10.0 Å². The van der Waals surface area contributed by atoms with E-state index in [1.54, 1.807) is 0 Å². The Balaban J connectivity index is 2.01. The molecule has 1 aromatic heterocycles. The number of hydrogen-bond donors (Lipinski definition) is 0. The highest BCUT2D eigenvalue weighted by Crippen LogP contribution is 2.30.